The molecule has 0 bridgehead atoms. The summed E-state index contributed by atoms with van der Waals surface area (Å²) in [6.07, 6.45) is -5.93. The van der Waals surface area contributed by atoms with Crippen LogP contribution in [0.3, 0.4) is 0 Å². The molecule has 1 aliphatic carbocycles. The van der Waals surface area contributed by atoms with Gasteiger partial charge in [0.1, 0.15) is 5.82 Å². The lowest BCUT2D eigenvalue weighted by molar-refractivity contribution is -0.137. The Morgan fingerprint density at radius 3 is 2.32 bits per heavy atom. The molecule has 0 unspecified atom stereocenters. The third-order valence-electron chi connectivity index (χ3n) is 5.15. The van der Waals surface area contributed by atoms with Crippen molar-refractivity contribution in [1.82, 2.24) is 5.32 Å². The van der Waals surface area contributed by atoms with Crippen molar-refractivity contribution in [2.75, 3.05) is 0 Å². The van der Waals surface area contributed by atoms with Gasteiger partial charge in [0.2, 0.25) is 14.8 Å². The molecular formula is C20H17ClF5NO3S. The van der Waals surface area contributed by atoms with Crippen LogP contribution in [0.5, 0.6) is 0 Å². The number of alkyl halides is 4. The molecule has 3 rings (SSSR count). The Morgan fingerprint density at radius 2 is 1.74 bits per heavy atom. The van der Waals surface area contributed by atoms with Crippen LogP contribution in [0.4, 0.5) is 22.0 Å². The normalized spacial score (nSPS) is 22.2. The summed E-state index contributed by atoms with van der Waals surface area (Å²) in [5.74, 6) is -1.37. The summed E-state index contributed by atoms with van der Waals surface area (Å²) >= 11 is 5.72. The van der Waals surface area contributed by atoms with E-state index in [1.54, 1.807) is 0 Å². The number of hydrogen-bond donors (Lipinski definition) is 1. The average Bonchev–Trinajstić information content (AvgIpc) is 2.68. The van der Waals surface area contributed by atoms with Gasteiger partial charge in [-0.25, -0.2) is 17.2 Å². The van der Waals surface area contributed by atoms with Gasteiger partial charge in [0, 0.05) is 16.6 Å². The van der Waals surface area contributed by atoms with Crippen LogP contribution in [0.15, 0.2) is 47.4 Å². The van der Waals surface area contributed by atoms with E-state index >= 15 is 4.39 Å². The summed E-state index contributed by atoms with van der Waals surface area (Å²) in [7, 11) is -4.71. The number of benzene rings is 2. The van der Waals surface area contributed by atoms with Crippen molar-refractivity contribution < 1.29 is 35.2 Å². The Balaban J connectivity index is 1.72. The molecule has 2 aromatic carbocycles. The van der Waals surface area contributed by atoms with Crippen molar-refractivity contribution in [3.63, 3.8) is 0 Å². The summed E-state index contributed by atoms with van der Waals surface area (Å²) in [5, 5.41) is -0.173. The predicted molar refractivity (Wildman–Crippen MR) is 104 cm³/mol. The quantitative estimate of drug-likeness (QED) is 0.602. The first-order chi connectivity index (χ1) is 14.3. The highest BCUT2D eigenvalue weighted by atomic mass is 35.5. The number of hydrogen-bond acceptors (Lipinski definition) is 3. The van der Waals surface area contributed by atoms with E-state index in [2.05, 4.69) is 5.32 Å². The van der Waals surface area contributed by atoms with Crippen LogP contribution >= 0.6 is 11.6 Å². The molecule has 0 spiro atoms. The number of amides is 1. The number of sulfone groups is 1. The summed E-state index contributed by atoms with van der Waals surface area (Å²) in [5.41, 5.74) is -1.23. The van der Waals surface area contributed by atoms with E-state index in [9.17, 15) is 30.8 Å². The maximum atomic E-state index is 15.4. The maximum Gasteiger partial charge on any atom is 0.416 e. The molecule has 0 aliphatic heterocycles. The van der Waals surface area contributed by atoms with Crippen LogP contribution in [0.1, 0.15) is 41.6 Å². The van der Waals surface area contributed by atoms with Gasteiger partial charge in [-0.2, -0.15) is 13.2 Å². The van der Waals surface area contributed by atoms with E-state index in [4.69, 9.17) is 11.6 Å². The highest BCUT2D eigenvalue weighted by molar-refractivity contribution is 7.92. The SMILES string of the molecule is O=C(N[C@H]1CC[C@@](F)(S(=O)(=O)c2cccc(C(F)(F)F)c2)CC1)c1cc(F)cc(Cl)c1. The van der Waals surface area contributed by atoms with Gasteiger partial charge >= 0.3 is 6.18 Å². The zero-order chi connectivity index (χ0) is 23.0. The van der Waals surface area contributed by atoms with Gasteiger partial charge < -0.3 is 5.32 Å². The zero-order valence-electron chi connectivity index (χ0n) is 15.8. The molecule has 0 atom stereocenters. The molecule has 0 heterocycles. The van der Waals surface area contributed by atoms with E-state index in [0.717, 1.165) is 24.3 Å². The molecule has 4 nitrogen and oxygen atoms in total. The first kappa shape index (κ1) is 23.5. The molecule has 11 heteroatoms. The van der Waals surface area contributed by atoms with Gasteiger partial charge in [-0.05, 0) is 62.1 Å². The van der Waals surface area contributed by atoms with Gasteiger partial charge in [0.15, 0.2) is 0 Å². The first-order valence-corrected chi connectivity index (χ1v) is 11.1. The van der Waals surface area contributed by atoms with E-state index < -0.39 is 62.1 Å². The van der Waals surface area contributed by atoms with Crippen molar-refractivity contribution >= 4 is 27.3 Å². The molecule has 31 heavy (non-hydrogen) atoms. The lowest BCUT2D eigenvalue weighted by Gasteiger charge is -2.34. The van der Waals surface area contributed by atoms with Crippen molar-refractivity contribution in [3.05, 3.63) is 64.4 Å². The standard InChI is InChI=1S/C20H17ClF5NO3S/c21-14-8-12(9-15(22)11-14)18(28)27-16-4-6-19(23,7-5-16)31(29,30)17-3-1-2-13(10-17)20(24,25)26/h1-3,8-11,16H,4-7H2,(H,27,28)/t16-,19+. The fraction of sp³-hybridized carbons (Fsp3) is 0.350. The largest absolute Gasteiger partial charge is 0.416 e. The molecule has 2 aromatic rings. The molecule has 0 saturated heterocycles. The summed E-state index contributed by atoms with van der Waals surface area (Å²) in [4.78, 5) is 11.5. The number of carbonyl (C=O) groups excluding carboxylic acids is 1. The van der Waals surface area contributed by atoms with Gasteiger partial charge in [0.25, 0.3) is 5.91 Å². The fourth-order valence-electron chi connectivity index (χ4n) is 3.47. The lowest BCUT2D eigenvalue weighted by atomic mass is 9.93. The first-order valence-electron chi connectivity index (χ1n) is 9.20. The monoisotopic (exact) mass is 481 g/mol. The second-order valence-corrected chi connectivity index (χ2v) is 9.96. The highest BCUT2D eigenvalue weighted by Crippen LogP contribution is 2.41. The molecule has 1 amide bonds. The molecule has 0 radical (unpaired) electrons. The molecule has 168 valence electrons. The van der Waals surface area contributed by atoms with Crippen LogP contribution in [0.25, 0.3) is 0 Å². The van der Waals surface area contributed by atoms with Gasteiger partial charge in [-0.15, -0.1) is 0 Å². The molecule has 1 saturated carbocycles. The summed E-state index contributed by atoms with van der Waals surface area (Å²) < 4.78 is 92.9. The van der Waals surface area contributed by atoms with E-state index in [1.165, 1.54) is 6.07 Å². The van der Waals surface area contributed by atoms with Crippen molar-refractivity contribution in [3.8, 4) is 0 Å². The summed E-state index contributed by atoms with van der Waals surface area (Å²) in [6.45, 7) is 0. The van der Waals surface area contributed by atoms with Crippen LogP contribution < -0.4 is 5.32 Å². The predicted octanol–water partition coefficient (Wildman–Crippen LogP) is 5.31. The molecule has 0 aromatic heterocycles. The van der Waals surface area contributed by atoms with Crippen molar-refractivity contribution in [1.29, 1.82) is 0 Å². The van der Waals surface area contributed by atoms with Crippen LogP contribution in [0, 0.1) is 5.82 Å². The Bertz CT molecular complexity index is 1080. The second kappa shape index (κ2) is 8.38. The Labute approximate surface area is 180 Å². The number of carbonyl (C=O) groups is 1. The number of rotatable bonds is 4. The van der Waals surface area contributed by atoms with Gasteiger partial charge in [-0.1, -0.05) is 17.7 Å². The van der Waals surface area contributed by atoms with Crippen LogP contribution in [-0.2, 0) is 16.0 Å². The van der Waals surface area contributed by atoms with Gasteiger partial charge in [0.05, 0.1) is 10.5 Å². The minimum Gasteiger partial charge on any atom is -0.349 e. The van der Waals surface area contributed by atoms with Crippen LogP contribution in [0.2, 0.25) is 5.02 Å². The van der Waals surface area contributed by atoms with Gasteiger partial charge in [-0.3, -0.25) is 4.79 Å². The topological polar surface area (TPSA) is 63.2 Å². The fourth-order valence-corrected chi connectivity index (χ4v) is 5.42. The molecule has 1 fully saturated rings. The summed E-state index contributed by atoms with van der Waals surface area (Å²) in [6, 6.07) is 5.61. The van der Waals surface area contributed by atoms with Crippen molar-refractivity contribution in [2.45, 2.75) is 47.8 Å². The Kier molecular flexibility index (Phi) is 6.35. The number of nitrogens with one attached hydrogen (secondary N) is 1. The van der Waals surface area contributed by atoms with E-state index in [0.29, 0.717) is 12.1 Å². The lowest BCUT2D eigenvalue weighted by Crippen LogP contribution is -2.45. The van der Waals surface area contributed by atoms with Crippen molar-refractivity contribution in [2.24, 2.45) is 0 Å². The molecular weight excluding hydrogens is 465 g/mol. The third-order valence-corrected chi connectivity index (χ3v) is 7.61. The zero-order valence-corrected chi connectivity index (χ0v) is 17.4. The molecule has 1 N–H and O–H groups in total. The minimum atomic E-state index is -4.77. The van der Waals surface area contributed by atoms with E-state index in [1.807, 2.05) is 0 Å². The Hall–Kier alpha value is -2.20. The van der Waals surface area contributed by atoms with Crippen LogP contribution in [-0.4, -0.2) is 25.4 Å². The number of halogens is 6. The Morgan fingerprint density at radius 1 is 1.10 bits per heavy atom. The molecule has 1 aliphatic rings. The minimum absolute atomic E-state index is 0.0174. The third kappa shape index (κ3) is 5.01. The van der Waals surface area contributed by atoms with E-state index in [-0.39, 0.29) is 23.4 Å². The maximum absolute atomic E-state index is 15.4. The average molecular weight is 482 g/mol. The smallest absolute Gasteiger partial charge is 0.349 e. The highest BCUT2D eigenvalue weighted by Gasteiger charge is 2.48. The second-order valence-electron chi connectivity index (χ2n) is 7.32.